The first-order chi connectivity index (χ1) is 9.49. The molecule has 3 aromatic rings. The second-order valence-corrected chi connectivity index (χ2v) is 5.65. The van der Waals surface area contributed by atoms with Crippen LogP contribution in [0.25, 0.3) is 21.2 Å². The molecular weight excluding hydrogens is 288 g/mol. The van der Waals surface area contributed by atoms with E-state index in [-0.39, 0.29) is 5.56 Å². The number of halogens is 4. The fourth-order valence-corrected chi connectivity index (χ4v) is 3.35. The molecule has 20 heavy (non-hydrogen) atoms. The predicted molar refractivity (Wildman–Crippen MR) is 71.8 cm³/mol. The van der Waals surface area contributed by atoms with Crippen LogP contribution in [-0.4, -0.2) is 0 Å². The van der Waals surface area contributed by atoms with E-state index < -0.39 is 23.3 Å². The molecule has 2 aromatic carbocycles. The van der Waals surface area contributed by atoms with Crippen LogP contribution in [0.5, 0.6) is 0 Å². The van der Waals surface area contributed by atoms with E-state index in [2.05, 4.69) is 0 Å². The molecule has 0 N–H and O–H groups in total. The van der Waals surface area contributed by atoms with E-state index in [1.807, 2.05) is 0 Å². The first kappa shape index (κ1) is 13.1. The van der Waals surface area contributed by atoms with E-state index in [0.29, 0.717) is 15.6 Å². The maximum absolute atomic E-state index is 13.9. The van der Waals surface area contributed by atoms with E-state index in [9.17, 15) is 17.6 Å². The Morgan fingerprint density at radius 1 is 0.900 bits per heavy atom. The van der Waals surface area contributed by atoms with Gasteiger partial charge in [0.2, 0.25) is 0 Å². The highest BCUT2D eigenvalue weighted by atomic mass is 32.1. The van der Waals surface area contributed by atoms with Gasteiger partial charge in [0.1, 0.15) is 5.82 Å². The van der Waals surface area contributed by atoms with Gasteiger partial charge in [0, 0.05) is 26.1 Å². The molecule has 1 heterocycles. The molecule has 1 aromatic heterocycles. The summed E-state index contributed by atoms with van der Waals surface area (Å²) in [4.78, 5) is 0.718. The van der Waals surface area contributed by atoms with Gasteiger partial charge in [0.15, 0.2) is 17.5 Å². The summed E-state index contributed by atoms with van der Waals surface area (Å²) in [5.41, 5.74) is 0.459. The number of hydrogen-bond donors (Lipinski definition) is 0. The Balaban J connectivity index is 2.35. The first-order valence-corrected chi connectivity index (χ1v) is 6.63. The van der Waals surface area contributed by atoms with Crippen molar-refractivity contribution in [2.45, 2.75) is 6.92 Å². The molecule has 0 aliphatic rings. The van der Waals surface area contributed by atoms with Crippen LogP contribution in [0.4, 0.5) is 17.6 Å². The van der Waals surface area contributed by atoms with Crippen LogP contribution in [0.1, 0.15) is 4.88 Å². The van der Waals surface area contributed by atoms with Crippen molar-refractivity contribution in [2.75, 3.05) is 0 Å². The van der Waals surface area contributed by atoms with Crippen molar-refractivity contribution in [1.29, 1.82) is 0 Å². The summed E-state index contributed by atoms with van der Waals surface area (Å²) in [5.74, 6) is -4.34. The number of thiophene rings is 1. The molecule has 0 aliphatic heterocycles. The summed E-state index contributed by atoms with van der Waals surface area (Å²) in [7, 11) is 0. The van der Waals surface area contributed by atoms with E-state index in [1.54, 1.807) is 6.92 Å². The lowest BCUT2D eigenvalue weighted by Gasteiger charge is -2.05. The van der Waals surface area contributed by atoms with Crippen molar-refractivity contribution in [3.63, 3.8) is 0 Å². The van der Waals surface area contributed by atoms with Gasteiger partial charge in [-0.15, -0.1) is 11.3 Å². The molecule has 0 saturated heterocycles. The Kier molecular flexibility index (Phi) is 3.01. The molecule has 0 atom stereocenters. The Morgan fingerprint density at radius 3 is 2.40 bits per heavy atom. The van der Waals surface area contributed by atoms with Crippen LogP contribution in [0, 0.1) is 30.2 Å². The Hall–Kier alpha value is -1.88. The van der Waals surface area contributed by atoms with Gasteiger partial charge in [0.05, 0.1) is 0 Å². The molecule has 3 rings (SSSR count). The molecule has 0 spiro atoms. The van der Waals surface area contributed by atoms with Crippen LogP contribution in [0.3, 0.4) is 0 Å². The highest BCUT2D eigenvalue weighted by molar-refractivity contribution is 7.19. The smallest absolute Gasteiger partial charge is 0.195 e. The summed E-state index contributed by atoms with van der Waals surface area (Å²) in [6.45, 7) is 1.73. The summed E-state index contributed by atoms with van der Waals surface area (Å²) < 4.78 is 54.1. The quantitative estimate of drug-likeness (QED) is 0.415. The monoisotopic (exact) mass is 296 g/mol. The molecule has 0 radical (unpaired) electrons. The minimum Gasteiger partial charge on any atom is -0.207 e. The van der Waals surface area contributed by atoms with Crippen molar-refractivity contribution >= 4 is 21.4 Å². The van der Waals surface area contributed by atoms with Crippen molar-refractivity contribution in [2.24, 2.45) is 0 Å². The van der Waals surface area contributed by atoms with Gasteiger partial charge in [-0.1, -0.05) is 0 Å². The number of hydrogen-bond acceptors (Lipinski definition) is 1. The van der Waals surface area contributed by atoms with Gasteiger partial charge in [-0.05, 0) is 37.3 Å². The van der Waals surface area contributed by atoms with Crippen molar-refractivity contribution in [1.82, 2.24) is 0 Å². The van der Waals surface area contributed by atoms with Gasteiger partial charge in [-0.25, -0.2) is 17.6 Å². The fourth-order valence-electron chi connectivity index (χ4n) is 2.25. The molecule has 0 aliphatic carbocycles. The maximum Gasteiger partial charge on any atom is 0.195 e. The highest BCUT2D eigenvalue weighted by Gasteiger charge is 2.19. The van der Waals surface area contributed by atoms with Gasteiger partial charge in [-0.3, -0.25) is 0 Å². The molecular formula is C15H8F4S. The summed E-state index contributed by atoms with van der Waals surface area (Å²) in [6, 6.07) is 6.21. The van der Waals surface area contributed by atoms with Crippen LogP contribution in [-0.2, 0) is 0 Å². The minimum atomic E-state index is -1.50. The number of benzene rings is 2. The second kappa shape index (κ2) is 4.59. The maximum atomic E-state index is 13.9. The summed E-state index contributed by atoms with van der Waals surface area (Å²) in [5, 5.41) is 0.624. The lowest BCUT2D eigenvalue weighted by Crippen LogP contribution is -1.94. The molecule has 0 unspecified atom stereocenters. The van der Waals surface area contributed by atoms with E-state index in [4.69, 9.17) is 0 Å². The van der Waals surface area contributed by atoms with Crippen LogP contribution >= 0.6 is 11.3 Å². The second-order valence-electron chi connectivity index (χ2n) is 4.40. The first-order valence-electron chi connectivity index (χ1n) is 5.81. The summed E-state index contributed by atoms with van der Waals surface area (Å²) >= 11 is 1.28. The molecule has 0 amide bonds. The van der Waals surface area contributed by atoms with Gasteiger partial charge in [-0.2, -0.15) is 0 Å². The largest absolute Gasteiger partial charge is 0.207 e. The third kappa shape index (κ3) is 1.89. The van der Waals surface area contributed by atoms with Crippen LogP contribution in [0.15, 0.2) is 30.3 Å². The molecule has 5 heteroatoms. The zero-order valence-corrected chi connectivity index (χ0v) is 11.1. The number of rotatable bonds is 1. The molecule has 0 bridgehead atoms. The van der Waals surface area contributed by atoms with E-state index in [1.165, 1.54) is 35.6 Å². The molecule has 0 saturated carbocycles. The number of aryl methyl sites for hydroxylation is 1. The van der Waals surface area contributed by atoms with Crippen molar-refractivity contribution < 1.29 is 17.6 Å². The van der Waals surface area contributed by atoms with E-state index >= 15 is 0 Å². The Bertz CT molecular complexity index is 820. The summed E-state index contributed by atoms with van der Waals surface area (Å²) in [6.07, 6.45) is 0. The van der Waals surface area contributed by atoms with Crippen molar-refractivity contribution in [3.8, 4) is 11.1 Å². The third-order valence-electron chi connectivity index (χ3n) is 3.13. The van der Waals surface area contributed by atoms with Gasteiger partial charge >= 0.3 is 0 Å². The van der Waals surface area contributed by atoms with Gasteiger partial charge < -0.3 is 0 Å². The lowest BCUT2D eigenvalue weighted by molar-refractivity contribution is 0.449. The molecule has 102 valence electrons. The normalized spacial score (nSPS) is 11.2. The minimum absolute atomic E-state index is 0.0146. The number of fused-ring (bicyclic) bond motifs is 1. The van der Waals surface area contributed by atoms with Crippen molar-refractivity contribution in [3.05, 3.63) is 58.5 Å². The average molecular weight is 296 g/mol. The third-order valence-corrected chi connectivity index (χ3v) is 4.20. The molecule has 0 nitrogen and oxygen atoms in total. The molecule has 0 fully saturated rings. The van der Waals surface area contributed by atoms with Crippen LogP contribution < -0.4 is 0 Å². The Labute approximate surface area is 116 Å². The Morgan fingerprint density at radius 2 is 1.65 bits per heavy atom. The lowest BCUT2D eigenvalue weighted by atomic mass is 10.0. The predicted octanol–water partition coefficient (Wildman–Crippen LogP) is 5.43. The highest BCUT2D eigenvalue weighted by Crippen LogP contribution is 2.40. The van der Waals surface area contributed by atoms with Gasteiger partial charge in [0.25, 0.3) is 0 Å². The SMILES string of the molecule is Cc1sc2cc(F)ccc2c1-c1ccc(F)c(F)c1F. The standard InChI is InChI=1S/C15H8F4S/c1-7-13(9-3-2-8(16)6-12(9)20-7)10-4-5-11(17)15(19)14(10)18/h2-6H,1H3. The topological polar surface area (TPSA) is 0 Å². The zero-order chi connectivity index (χ0) is 14.4. The van der Waals surface area contributed by atoms with E-state index in [0.717, 1.165) is 10.9 Å². The zero-order valence-electron chi connectivity index (χ0n) is 10.3. The average Bonchev–Trinajstić information content (AvgIpc) is 2.72. The van der Waals surface area contributed by atoms with Crippen LogP contribution in [0.2, 0.25) is 0 Å². The fraction of sp³-hybridized carbons (Fsp3) is 0.0667.